The van der Waals surface area contributed by atoms with Crippen LogP contribution in [0, 0.1) is 0 Å². The lowest BCUT2D eigenvalue weighted by atomic mass is 10.00. The maximum absolute atomic E-state index is 8.98. The summed E-state index contributed by atoms with van der Waals surface area (Å²) in [6.45, 7) is 0. The molecule has 0 radical (unpaired) electrons. The van der Waals surface area contributed by atoms with Crippen molar-refractivity contribution in [1.82, 2.24) is 19.5 Å². The molecule has 0 saturated carbocycles. The number of hydrogen-bond acceptors (Lipinski definition) is 4. The van der Waals surface area contributed by atoms with Gasteiger partial charge in [-0.2, -0.15) is 9.97 Å². The summed E-state index contributed by atoms with van der Waals surface area (Å²) < 4.78 is 60.1. The number of nitrogens with zero attached hydrogens (tertiary/aromatic N) is 4. The van der Waals surface area contributed by atoms with E-state index in [9.17, 15) is 0 Å². The normalized spacial score (nSPS) is 13.7. The molecule has 0 unspecified atom stereocenters. The Kier molecular flexibility index (Phi) is 4.13. The van der Waals surface area contributed by atoms with Gasteiger partial charge in [0.15, 0.2) is 11.6 Å². The van der Waals surface area contributed by atoms with Crippen molar-refractivity contribution in [2.24, 2.45) is 0 Å². The van der Waals surface area contributed by atoms with E-state index in [0.717, 1.165) is 37.9 Å². The average molecular weight is 595 g/mol. The highest BCUT2D eigenvalue weighted by Crippen LogP contribution is 2.35. The van der Waals surface area contributed by atoms with Crippen molar-refractivity contribution >= 4 is 65.3 Å². The third-order valence-electron chi connectivity index (χ3n) is 8.59. The van der Waals surface area contributed by atoms with Crippen molar-refractivity contribution in [3.63, 3.8) is 0 Å². The highest BCUT2D eigenvalue weighted by atomic mass is 16.3. The van der Waals surface area contributed by atoms with Crippen LogP contribution in [0.1, 0.15) is 8.22 Å². The number of furan rings is 1. The van der Waals surface area contributed by atoms with Gasteiger partial charge in [-0.3, -0.25) is 4.57 Å². The smallest absolute Gasteiger partial charge is 0.238 e. The van der Waals surface area contributed by atoms with Crippen LogP contribution >= 0.6 is 0 Å². The van der Waals surface area contributed by atoms with Crippen molar-refractivity contribution in [3.8, 4) is 28.7 Å². The SMILES string of the molecule is [2H]c1cc([2H])c2c(c1[2H])c1c([2H])c([2H])cc([2H])c1n2-c1nc(-c2ccc3c(ccc4ccccc43)c2)nc(-c2ccc3c(c2)oc2ccccc23)n1. The highest BCUT2D eigenvalue weighted by molar-refractivity contribution is 6.10. The summed E-state index contributed by atoms with van der Waals surface area (Å²) in [5.74, 6) is 0.708. The molecule has 7 aromatic carbocycles. The molecule has 0 spiro atoms. The molecule has 10 aromatic rings. The predicted molar refractivity (Wildman–Crippen MR) is 187 cm³/mol. The molecule has 214 valence electrons. The summed E-state index contributed by atoms with van der Waals surface area (Å²) in [4.78, 5) is 14.9. The first-order valence-corrected chi connectivity index (χ1v) is 14.9. The Morgan fingerprint density at radius 1 is 0.478 bits per heavy atom. The van der Waals surface area contributed by atoms with Crippen molar-refractivity contribution in [3.05, 3.63) is 145 Å². The van der Waals surface area contributed by atoms with Crippen LogP contribution in [0.4, 0.5) is 0 Å². The quantitative estimate of drug-likeness (QED) is 0.191. The summed E-state index contributed by atoms with van der Waals surface area (Å²) in [6.07, 6.45) is 0. The lowest BCUT2D eigenvalue weighted by Crippen LogP contribution is -2.06. The molecule has 5 heteroatoms. The number of fused-ring (bicyclic) bond motifs is 9. The van der Waals surface area contributed by atoms with Crippen molar-refractivity contribution in [1.29, 1.82) is 0 Å². The molecule has 0 N–H and O–H groups in total. The van der Waals surface area contributed by atoms with E-state index in [0.29, 0.717) is 28.4 Å². The van der Waals surface area contributed by atoms with Crippen molar-refractivity contribution in [2.75, 3.05) is 0 Å². The van der Waals surface area contributed by atoms with Crippen LogP contribution in [-0.2, 0) is 0 Å². The van der Waals surface area contributed by atoms with Crippen LogP contribution in [0.2, 0.25) is 0 Å². The van der Waals surface area contributed by atoms with Gasteiger partial charge in [-0.05, 0) is 57.9 Å². The Morgan fingerprint density at radius 2 is 1.09 bits per heavy atom. The Hall–Kier alpha value is -6.33. The summed E-state index contributed by atoms with van der Waals surface area (Å²) in [6, 6.07) is 33.5. The highest BCUT2D eigenvalue weighted by Gasteiger charge is 2.18. The molecule has 10 rings (SSSR count). The Balaban J connectivity index is 1.29. The van der Waals surface area contributed by atoms with Crippen LogP contribution < -0.4 is 0 Å². The molecule has 46 heavy (non-hydrogen) atoms. The van der Waals surface area contributed by atoms with E-state index in [2.05, 4.69) is 24.3 Å². The third kappa shape index (κ3) is 3.72. The molecule has 0 bridgehead atoms. The second kappa shape index (κ2) is 9.58. The van der Waals surface area contributed by atoms with E-state index in [1.807, 2.05) is 72.8 Å². The number of para-hydroxylation sites is 3. The van der Waals surface area contributed by atoms with E-state index in [-0.39, 0.29) is 64.0 Å². The summed E-state index contributed by atoms with van der Waals surface area (Å²) >= 11 is 0. The number of rotatable bonds is 3. The molecule has 0 saturated heterocycles. The van der Waals surface area contributed by atoms with E-state index in [1.54, 1.807) is 0 Å². The van der Waals surface area contributed by atoms with Crippen molar-refractivity contribution < 1.29 is 12.6 Å². The Morgan fingerprint density at radius 3 is 1.87 bits per heavy atom. The molecular weight excluding hydrogens is 564 g/mol. The van der Waals surface area contributed by atoms with Gasteiger partial charge in [0.05, 0.1) is 19.3 Å². The average Bonchev–Trinajstić information content (AvgIpc) is 3.73. The first-order chi connectivity index (χ1) is 25.2. The van der Waals surface area contributed by atoms with Crippen LogP contribution in [0.3, 0.4) is 0 Å². The molecule has 0 aliphatic rings. The minimum Gasteiger partial charge on any atom is -0.456 e. The maximum Gasteiger partial charge on any atom is 0.238 e. The topological polar surface area (TPSA) is 56.7 Å². The van der Waals surface area contributed by atoms with Gasteiger partial charge in [0, 0.05) is 32.7 Å². The monoisotopic (exact) mass is 594 g/mol. The minimum atomic E-state index is -0.208. The Labute approximate surface area is 271 Å². The first kappa shape index (κ1) is 19.8. The predicted octanol–water partition coefficient (Wildman–Crippen LogP) is 10.5. The Bertz CT molecular complexity index is 3100. The van der Waals surface area contributed by atoms with Gasteiger partial charge in [-0.15, -0.1) is 0 Å². The zero-order valence-electron chi connectivity index (χ0n) is 30.1. The largest absolute Gasteiger partial charge is 0.456 e. The van der Waals surface area contributed by atoms with Gasteiger partial charge in [0.2, 0.25) is 5.95 Å². The van der Waals surface area contributed by atoms with E-state index in [1.165, 1.54) is 16.7 Å². The molecule has 0 amide bonds. The fourth-order valence-corrected chi connectivity index (χ4v) is 6.45. The van der Waals surface area contributed by atoms with Crippen LogP contribution in [-0.4, -0.2) is 19.5 Å². The standard InChI is InChI=1S/C41H24N4O/c1-2-10-29-25(9-1)17-18-26-23-27(19-21-30(26)29)39-42-40(28-20-22-34-33-13-5-8-16-37(33)46-38(34)24-28)44-41(43-39)45-35-14-6-3-11-31(35)32-12-4-7-15-36(32)45/h1-24H/i3D,4D,11D,12D,14D,15D. The molecular formula is C41H24N4O. The van der Waals surface area contributed by atoms with E-state index in [4.69, 9.17) is 27.6 Å². The summed E-state index contributed by atoms with van der Waals surface area (Å²) in [5, 5.41) is 6.51. The zero-order valence-corrected chi connectivity index (χ0v) is 24.1. The minimum absolute atomic E-state index is 0.0690. The number of benzene rings is 7. The maximum atomic E-state index is 8.98. The van der Waals surface area contributed by atoms with E-state index >= 15 is 0 Å². The molecule has 0 aliphatic heterocycles. The van der Waals surface area contributed by atoms with Crippen LogP contribution in [0.5, 0.6) is 0 Å². The molecule has 0 aliphatic carbocycles. The lowest BCUT2D eigenvalue weighted by Gasteiger charge is -2.12. The van der Waals surface area contributed by atoms with Gasteiger partial charge < -0.3 is 4.42 Å². The molecule has 3 heterocycles. The fraction of sp³-hybridized carbons (Fsp3) is 0. The van der Waals surface area contributed by atoms with Crippen molar-refractivity contribution in [2.45, 2.75) is 0 Å². The number of hydrogen-bond donors (Lipinski definition) is 0. The van der Waals surface area contributed by atoms with E-state index < -0.39 is 0 Å². The second-order valence-corrected chi connectivity index (χ2v) is 11.2. The number of aromatic nitrogens is 4. The van der Waals surface area contributed by atoms with Gasteiger partial charge in [-0.25, -0.2) is 4.98 Å². The molecule has 3 aromatic heterocycles. The van der Waals surface area contributed by atoms with Gasteiger partial charge >= 0.3 is 0 Å². The van der Waals surface area contributed by atoms with Crippen LogP contribution in [0.15, 0.2) is 150 Å². The molecule has 0 atom stereocenters. The molecule has 5 nitrogen and oxygen atoms in total. The zero-order chi connectivity index (χ0) is 35.4. The summed E-state index contributed by atoms with van der Waals surface area (Å²) in [5.41, 5.74) is 3.10. The van der Waals surface area contributed by atoms with Gasteiger partial charge in [-0.1, -0.05) is 109 Å². The van der Waals surface area contributed by atoms with Gasteiger partial charge in [0.1, 0.15) is 11.2 Å². The first-order valence-electron chi connectivity index (χ1n) is 17.9. The van der Waals surface area contributed by atoms with Crippen LogP contribution in [0.25, 0.3) is 94.0 Å². The third-order valence-corrected chi connectivity index (χ3v) is 8.59. The fourth-order valence-electron chi connectivity index (χ4n) is 6.45. The molecule has 0 fully saturated rings. The van der Waals surface area contributed by atoms with Gasteiger partial charge in [0.25, 0.3) is 0 Å². The lowest BCUT2D eigenvalue weighted by molar-refractivity contribution is 0.669. The summed E-state index contributed by atoms with van der Waals surface area (Å²) in [7, 11) is 0. The second-order valence-electron chi connectivity index (χ2n) is 11.2.